The zero-order valence-electron chi connectivity index (χ0n) is 18.1. The van der Waals surface area contributed by atoms with Crippen molar-refractivity contribution in [1.82, 2.24) is 0 Å². The molecule has 0 spiro atoms. The Kier molecular flexibility index (Phi) is 6.54. The summed E-state index contributed by atoms with van der Waals surface area (Å²) in [4.78, 5) is 0. The average Bonchev–Trinajstić information content (AvgIpc) is 2.76. The first-order chi connectivity index (χ1) is 15.4. The molecule has 0 radical (unpaired) electrons. The molecular formula is C27H26F4O. The molecule has 0 fully saturated rings. The van der Waals surface area contributed by atoms with Crippen molar-refractivity contribution in [2.75, 3.05) is 0 Å². The number of fused-ring (bicyclic) bond motifs is 3. The van der Waals surface area contributed by atoms with Gasteiger partial charge in [-0.3, -0.25) is 0 Å². The Labute approximate surface area is 186 Å². The molecule has 0 atom stereocenters. The Morgan fingerprint density at radius 2 is 1.53 bits per heavy atom. The highest BCUT2D eigenvalue weighted by molar-refractivity contribution is 5.78. The van der Waals surface area contributed by atoms with Gasteiger partial charge in [-0.2, -0.15) is 0 Å². The SMILES string of the molecule is CCCCCCc1ccc2c(c1)CCc1c-2ccc(-c2ccc(OC(F)(F)F)cc2)c1F. The van der Waals surface area contributed by atoms with Crippen LogP contribution in [0, 0.1) is 5.82 Å². The van der Waals surface area contributed by atoms with E-state index in [9.17, 15) is 13.2 Å². The van der Waals surface area contributed by atoms with Gasteiger partial charge in [0, 0.05) is 5.56 Å². The lowest BCUT2D eigenvalue weighted by Gasteiger charge is -2.22. The smallest absolute Gasteiger partial charge is 0.406 e. The van der Waals surface area contributed by atoms with E-state index in [1.54, 1.807) is 6.07 Å². The second-order valence-corrected chi connectivity index (χ2v) is 8.33. The number of rotatable bonds is 7. The van der Waals surface area contributed by atoms with Crippen LogP contribution in [0.2, 0.25) is 0 Å². The van der Waals surface area contributed by atoms with Crippen LogP contribution < -0.4 is 4.74 Å². The first kappa shape index (κ1) is 22.4. The van der Waals surface area contributed by atoms with E-state index in [-0.39, 0.29) is 11.6 Å². The van der Waals surface area contributed by atoms with Gasteiger partial charge in [0.1, 0.15) is 11.6 Å². The second kappa shape index (κ2) is 9.35. The first-order valence-electron chi connectivity index (χ1n) is 11.2. The summed E-state index contributed by atoms with van der Waals surface area (Å²) >= 11 is 0. The third kappa shape index (κ3) is 4.98. The van der Waals surface area contributed by atoms with Gasteiger partial charge in [-0.25, -0.2) is 4.39 Å². The summed E-state index contributed by atoms with van der Waals surface area (Å²) in [5.74, 6) is -0.625. The zero-order chi connectivity index (χ0) is 22.7. The van der Waals surface area contributed by atoms with Gasteiger partial charge in [-0.1, -0.05) is 68.7 Å². The quantitative estimate of drug-likeness (QED) is 0.264. The molecule has 168 valence electrons. The van der Waals surface area contributed by atoms with E-state index in [4.69, 9.17) is 0 Å². The summed E-state index contributed by atoms with van der Waals surface area (Å²) in [6, 6.07) is 15.5. The van der Waals surface area contributed by atoms with Crippen molar-refractivity contribution in [3.63, 3.8) is 0 Å². The molecule has 0 amide bonds. The standard InChI is InChI=1S/C27H26F4O/c1-2-3-4-5-6-18-7-13-22-20(17-18)10-14-25-24(22)16-15-23(26(25)28)19-8-11-21(12-9-19)32-27(29,30)31/h7-9,11-13,15-17H,2-6,10,14H2,1H3. The van der Waals surface area contributed by atoms with Crippen molar-refractivity contribution >= 4 is 0 Å². The van der Waals surface area contributed by atoms with Crippen molar-refractivity contribution in [2.24, 2.45) is 0 Å². The van der Waals surface area contributed by atoms with Crippen LogP contribution in [0.4, 0.5) is 17.6 Å². The molecule has 0 saturated heterocycles. The number of aryl methyl sites for hydroxylation is 2. The number of unbranched alkanes of at least 4 members (excludes halogenated alkanes) is 3. The average molecular weight is 442 g/mol. The lowest BCUT2D eigenvalue weighted by Crippen LogP contribution is -2.16. The Bertz CT molecular complexity index is 1080. The van der Waals surface area contributed by atoms with Gasteiger partial charge in [0.2, 0.25) is 0 Å². The fourth-order valence-electron chi connectivity index (χ4n) is 4.46. The molecule has 0 aliphatic heterocycles. The maximum atomic E-state index is 15.4. The minimum Gasteiger partial charge on any atom is -0.406 e. The third-order valence-electron chi connectivity index (χ3n) is 6.07. The number of ether oxygens (including phenoxy) is 1. The fourth-order valence-corrected chi connectivity index (χ4v) is 4.46. The van der Waals surface area contributed by atoms with Gasteiger partial charge in [0.15, 0.2) is 0 Å². The maximum Gasteiger partial charge on any atom is 0.573 e. The summed E-state index contributed by atoms with van der Waals surface area (Å²) in [7, 11) is 0. The van der Waals surface area contributed by atoms with Crippen LogP contribution in [0.3, 0.4) is 0 Å². The molecule has 5 heteroatoms. The summed E-state index contributed by atoms with van der Waals surface area (Å²) < 4.78 is 56.4. The molecule has 1 aliphatic rings. The molecule has 1 aliphatic carbocycles. The molecule has 32 heavy (non-hydrogen) atoms. The largest absolute Gasteiger partial charge is 0.573 e. The van der Waals surface area contributed by atoms with Crippen LogP contribution in [0.1, 0.15) is 49.3 Å². The van der Waals surface area contributed by atoms with Gasteiger partial charge in [0.25, 0.3) is 0 Å². The minimum absolute atomic E-state index is 0.304. The molecular weight excluding hydrogens is 416 g/mol. The Morgan fingerprint density at radius 1 is 0.812 bits per heavy atom. The summed E-state index contributed by atoms with van der Waals surface area (Å²) in [5.41, 5.74) is 6.14. The van der Waals surface area contributed by atoms with E-state index in [0.29, 0.717) is 23.1 Å². The topological polar surface area (TPSA) is 9.23 Å². The highest BCUT2D eigenvalue weighted by Gasteiger charge is 2.31. The van der Waals surface area contributed by atoms with Crippen molar-refractivity contribution < 1.29 is 22.3 Å². The second-order valence-electron chi connectivity index (χ2n) is 8.33. The number of hydrogen-bond donors (Lipinski definition) is 0. The molecule has 0 aromatic heterocycles. The van der Waals surface area contributed by atoms with Gasteiger partial charge in [0.05, 0.1) is 0 Å². The van der Waals surface area contributed by atoms with Gasteiger partial charge < -0.3 is 4.74 Å². The number of halogens is 4. The van der Waals surface area contributed by atoms with Gasteiger partial charge >= 0.3 is 6.36 Å². The predicted molar refractivity (Wildman–Crippen MR) is 119 cm³/mol. The van der Waals surface area contributed by atoms with Crippen molar-refractivity contribution in [2.45, 2.75) is 58.2 Å². The number of benzene rings is 3. The predicted octanol–water partition coefficient (Wildman–Crippen LogP) is 8.28. The van der Waals surface area contributed by atoms with Crippen LogP contribution >= 0.6 is 0 Å². The van der Waals surface area contributed by atoms with Crippen LogP contribution in [0.5, 0.6) is 5.75 Å². The molecule has 0 bridgehead atoms. The Morgan fingerprint density at radius 3 is 2.25 bits per heavy atom. The normalized spacial score (nSPS) is 12.9. The van der Waals surface area contributed by atoms with E-state index in [1.165, 1.54) is 61.1 Å². The summed E-state index contributed by atoms with van der Waals surface area (Å²) in [6.07, 6.45) is 2.63. The van der Waals surface area contributed by atoms with Crippen molar-refractivity contribution in [3.05, 3.63) is 77.1 Å². The monoisotopic (exact) mass is 442 g/mol. The minimum atomic E-state index is -4.75. The summed E-state index contributed by atoms with van der Waals surface area (Å²) in [5, 5.41) is 0. The molecule has 3 aromatic carbocycles. The lowest BCUT2D eigenvalue weighted by molar-refractivity contribution is -0.274. The van der Waals surface area contributed by atoms with Gasteiger partial charge in [-0.05, 0) is 71.2 Å². The zero-order valence-corrected chi connectivity index (χ0v) is 18.1. The molecule has 0 unspecified atom stereocenters. The molecule has 0 heterocycles. The van der Waals surface area contributed by atoms with Crippen LogP contribution in [-0.4, -0.2) is 6.36 Å². The third-order valence-corrected chi connectivity index (χ3v) is 6.07. The van der Waals surface area contributed by atoms with Crippen molar-refractivity contribution in [3.8, 4) is 28.0 Å². The van der Waals surface area contributed by atoms with Crippen LogP contribution in [0.15, 0.2) is 54.6 Å². The summed E-state index contributed by atoms with van der Waals surface area (Å²) in [6.45, 7) is 2.21. The molecule has 0 N–H and O–H groups in total. The molecule has 3 aromatic rings. The molecule has 0 saturated carbocycles. The van der Waals surface area contributed by atoms with Crippen LogP contribution in [-0.2, 0) is 19.3 Å². The van der Waals surface area contributed by atoms with E-state index >= 15 is 4.39 Å². The van der Waals surface area contributed by atoms with Crippen LogP contribution in [0.25, 0.3) is 22.3 Å². The van der Waals surface area contributed by atoms with Crippen molar-refractivity contribution in [1.29, 1.82) is 0 Å². The first-order valence-corrected chi connectivity index (χ1v) is 11.2. The van der Waals surface area contributed by atoms with E-state index in [0.717, 1.165) is 24.0 Å². The Balaban J connectivity index is 1.57. The van der Waals surface area contributed by atoms with E-state index < -0.39 is 6.36 Å². The highest BCUT2D eigenvalue weighted by atomic mass is 19.4. The Hall–Kier alpha value is -2.82. The lowest BCUT2D eigenvalue weighted by atomic mass is 9.82. The van der Waals surface area contributed by atoms with E-state index in [1.807, 2.05) is 6.07 Å². The maximum absolute atomic E-state index is 15.4. The molecule has 1 nitrogen and oxygen atoms in total. The number of hydrogen-bond acceptors (Lipinski definition) is 1. The number of alkyl halides is 3. The highest BCUT2D eigenvalue weighted by Crippen LogP contribution is 2.39. The van der Waals surface area contributed by atoms with E-state index in [2.05, 4.69) is 29.9 Å². The molecule has 4 rings (SSSR count). The fraction of sp³-hybridized carbons (Fsp3) is 0.333. The van der Waals surface area contributed by atoms with Gasteiger partial charge in [-0.15, -0.1) is 13.2 Å².